The predicted molar refractivity (Wildman–Crippen MR) is 133 cm³/mol. The third kappa shape index (κ3) is 4.87. The summed E-state index contributed by atoms with van der Waals surface area (Å²) in [4.78, 5) is 1.93. The second kappa shape index (κ2) is 9.56. The molecule has 4 nitrogen and oxygen atoms in total. The number of sulfone groups is 1. The molecule has 5 heteroatoms. The zero-order chi connectivity index (χ0) is 23.3. The third-order valence-electron chi connectivity index (χ3n) is 5.21. The molecular formula is C28H22N2O2S. The number of hydrogen-bond acceptors (Lipinski definition) is 4. The van der Waals surface area contributed by atoms with Crippen LogP contribution in [-0.4, -0.2) is 8.42 Å². The minimum absolute atomic E-state index is 0.108. The Morgan fingerprint density at radius 1 is 0.727 bits per heavy atom. The number of rotatable bonds is 6. The highest BCUT2D eigenvalue weighted by Crippen LogP contribution is 2.34. The summed E-state index contributed by atoms with van der Waals surface area (Å²) in [5, 5.41) is 9.57. The molecule has 0 spiro atoms. The molecule has 0 radical (unpaired) electrons. The smallest absolute Gasteiger partial charge is 0.216 e. The Hall–Kier alpha value is -4.14. The number of para-hydroxylation sites is 2. The molecule has 0 heterocycles. The van der Waals surface area contributed by atoms with Gasteiger partial charge in [0.15, 0.2) is 0 Å². The first-order valence-corrected chi connectivity index (χ1v) is 11.9. The van der Waals surface area contributed by atoms with Gasteiger partial charge in [-0.25, -0.2) is 8.42 Å². The second-order valence-corrected chi connectivity index (χ2v) is 9.45. The number of nitriles is 1. The van der Waals surface area contributed by atoms with Crippen LogP contribution in [0.3, 0.4) is 0 Å². The molecule has 0 aliphatic carbocycles. The van der Waals surface area contributed by atoms with E-state index in [-0.39, 0.29) is 9.80 Å². The number of nitrogens with zero attached hydrogens (tertiary/aromatic N) is 2. The first-order chi connectivity index (χ1) is 16.0. The SMILES string of the molecule is Cc1ccc(S(=O)(=O)C(C#N)=Cc2ccc(N(c3ccccc3)c3ccccc3)cc2)cc1. The minimum atomic E-state index is -3.89. The van der Waals surface area contributed by atoms with Crippen molar-refractivity contribution >= 4 is 33.0 Å². The van der Waals surface area contributed by atoms with E-state index in [0.717, 1.165) is 22.6 Å². The van der Waals surface area contributed by atoms with Crippen LogP contribution in [0.4, 0.5) is 17.1 Å². The highest BCUT2D eigenvalue weighted by Gasteiger charge is 2.20. The van der Waals surface area contributed by atoms with E-state index in [1.807, 2.05) is 97.9 Å². The van der Waals surface area contributed by atoms with Gasteiger partial charge in [0.1, 0.15) is 11.0 Å². The minimum Gasteiger partial charge on any atom is -0.311 e. The Bertz CT molecular complexity index is 1360. The lowest BCUT2D eigenvalue weighted by molar-refractivity contribution is 0.603. The molecule has 4 aromatic carbocycles. The molecule has 0 aliphatic rings. The van der Waals surface area contributed by atoms with Crippen molar-refractivity contribution in [2.75, 3.05) is 4.90 Å². The normalized spacial score (nSPS) is 11.6. The number of anilines is 3. The number of benzene rings is 4. The average Bonchev–Trinajstić information content (AvgIpc) is 2.85. The van der Waals surface area contributed by atoms with Crippen LogP contribution in [0.1, 0.15) is 11.1 Å². The van der Waals surface area contributed by atoms with Crippen LogP contribution in [0, 0.1) is 18.3 Å². The van der Waals surface area contributed by atoms with Gasteiger partial charge in [-0.3, -0.25) is 0 Å². The highest BCUT2D eigenvalue weighted by molar-refractivity contribution is 7.95. The molecule has 4 rings (SSSR count). The zero-order valence-electron chi connectivity index (χ0n) is 18.1. The van der Waals surface area contributed by atoms with Gasteiger partial charge in [0.25, 0.3) is 0 Å². The molecule has 4 aromatic rings. The van der Waals surface area contributed by atoms with Crippen LogP contribution >= 0.6 is 0 Å². The number of aryl methyl sites for hydroxylation is 1. The molecule has 0 amide bonds. The molecule has 33 heavy (non-hydrogen) atoms. The van der Waals surface area contributed by atoms with E-state index in [1.54, 1.807) is 12.1 Å². The van der Waals surface area contributed by atoms with Crippen molar-refractivity contribution in [2.45, 2.75) is 11.8 Å². The Morgan fingerprint density at radius 3 is 1.70 bits per heavy atom. The van der Waals surface area contributed by atoms with Gasteiger partial charge in [0.05, 0.1) is 4.90 Å². The summed E-state index contributed by atoms with van der Waals surface area (Å²) in [5.74, 6) is 0. The quantitative estimate of drug-likeness (QED) is 0.303. The fourth-order valence-corrected chi connectivity index (χ4v) is 4.65. The largest absolute Gasteiger partial charge is 0.311 e. The monoisotopic (exact) mass is 450 g/mol. The standard InChI is InChI=1S/C28H22N2O2S/c1-22-12-18-27(19-13-22)33(31,32)28(21-29)20-23-14-16-26(17-15-23)30(24-8-4-2-5-9-24)25-10-6-3-7-11-25/h2-20H,1H3. The van der Waals surface area contributed by atoms with E-state index in [9.17, 15) is 13.7 Å². The van der Waals surface area contributed by atoms with Crippen molar-refractivity contribution in [3.63, 3.8) is 0 Å². The molecule has 0 saturated carbocycles. The summed E-state index contributed by atoms with van der Waals surface area (Å²) in [6, 6.07) is 35.8. The molecule has 162 valence electrons. The summed E-state index contributed by atoms with van der Waals surface area (Å²) in [7, 11) is -3.89. The molecule has 0 bridgehead atoms. The molecule has 0 aliphatic heterocycles. The van der Waals surface area contributed by atoms with Gasteiger partial charge in [-0.2, -0.15) is 5.26 Å². The van der Waals surface area contributed by atoms with E-state index in [4.69, 9.17) is 0 Å². The Morgan fingerprint density at radius 2 is 1.21 bits per heavy atom. The van der Waals surface area contributed by atoms with E-state index in [2.05, 4.69) is 4.90 Å². The van der Waals surface area contributed by atoms with Crippen LogP contribution in [0.2, 0.25) is 0 Å². The maximum atomic E-state index is 12.9. The summed E-state index contributed by atoms with van der Waals surface area (Å²) in [5.41, 5.74) is 4.52. The van der Waals surface area contributed by atoms with Crippen molar-refractivity contribution in [1.82, 2.24) is 0 Å². The van der Waals surface area contributed by atoms with Gasteiger partial charge in [-0.1, -0.05) is 66.2 Å². The Balaban J connectivity index is 1.70. The van der Waals surface area contributed by atoms with Gasteiger partial charge < -0.3 is 4.90 Å². The fourth-order valence-electron chi connectivity index (χ4n) is 3.49. The lowest BCUT2D eigenvalue weighted by Crippen LogP contribution is -2.09. The Kier molecular flexibility index (Phi) is 6.39. The van der Waals surface area contributed by atoms with E-state index in [1.165, 1.54) is 18.2 Å². The van der Waals surface area contributed by atoms with E-state index < -0.39 is 9.84 Å². The maximum absolute atomic E-state index is 12.9. The molecule has 0 N–H and O–H groups in total. The molecule has 0 unspecified atom stereocenters. The summed E-state index contributed by atoms with van der Waals surface area (Å²) in [6.45, 7) is 1.88. The topological polar surface area (TPSA) is 61.2 Å². The van der Waals surface area contributed by atoms with Crippen molar-refractivity contribution in [3.05, 3.63) is 125 Å². The van der Waals surface area contributed by atoms with Crippen molar-refractivity contribution < 1.29 is 8.42 Å². The second-order valence-electron chi connectivity index (χ2n) is 7.53. The first-order valence-electron chi connectivity index (χ1n) is 10.4. The Labute approximate surface area is 194 Å². The summed E-state index contributed by atoms with van der Waals surface area (Å²) >= 11 is 0. The molecule has 0 saturated heterocycles. The van der Waals surface area contributed by atoms with Crippen molar-refractivity contribution in [1.29, 1.82) is 5.26 Å². The third-order valence-corrected chi connectivity index (χ3v) is 6.89. The lowest BCUT2D eigenvalue weighted by Gasteiger charge is -2.25. The van der Waals surface area contributed by atoms with Crippen LogP contribution in [0.25, 0.3) is 6.08 Å². The van der Waals surface area contributed by atoms with Gasteiger partial charge in [-0.05, 0) is 67.1 Å². The molecule has 0 fully saturated rings. The van der Waals surface area contributed by atoms with Crippen LogP contribution in [0.15, 0.2) is 119 Å². The van der Waals surface area contributed by atoms with Gasteiger partial charge in [-0.15, -0.1) is 0 Å². The zero-order valence-corrected chi connectivity index (χ0v) is 18.9. The number of allylic oxidation sites excluding steroid dienone is 1. The highest BCUT2D eigenvalue weighted by atomic mass is 32.2. The van der Waals surface area contributed by atoms with Crippen molar-refractivity contribution in [2.24, 2.45) is 0 Å². The first kappa shape index (κ1) is 22.1. The van der Waals surface area contributed by atoms with Crippen LogP contribution in [0.5, 0.6) is 0 Å². The van der Waals surface area contributed by atoms with Crippen LogP contribution < -0.4 is 4.90 Å². The van der Waals surface area contributed by atoms with Gasteiger partial charge >= 0.3 is 0 Å². The van der Waals surface area contributed by atoms with Gasteiger partial charge in [0.2, 0.25) is 9.84 Å². The van der Waals surface area contributed by atoms with Crippen LogP contribution in [-0.2, 0) is 9.84 Å². The molecule has 0 aromatic heterocycles. The van der Waals surface area contributed by atoms with E-state index >= 15 is 0 Å². The summed E-state index contributed by atoms with van der Waals surface area (Å²) in [6.07, 6.45) is 1.41. The number of hydrogen-bond donors (Lipinski definition) is 0. The van der Waals surface area contributed by atoms with Crippen molar-refractivity contribution in [3.8, 4) is 6.07 Å². The summed E-state index contributed by atoms with van der Waals surface area (Å²) < 4.78 is 25.9. The molecule has 0 atom stereocenters. The maximum Gasteiger partial charge on any atom is 0.216 e. The molecular weight excluding hydrogens is 428 g/mol. The van der Waals surface area contributed by atoms with Gasteiger partial charge in [0, 0.05) is 17.1 Å². The average molecular weight is 451 g/mol. The predicted octanol–water partition coefficient (Wildman–Crippen LogP) is 6.80. The fraction of sp³-hybridized carbons (Fsp3) is 0.0357. The van der Waals surface area contributed by atoms with E-state index in [0.29, 0.717) is 5.56 Å². The lowest BCUT2D eigenvalue weighted by atomic mass is 10.1.